The average Bonchev–Trinajstić information content (AvgIpc) is 2.78. The normalized spacial score (nSPS) is 11.0. The van der Waals surface area contributed by atoms with Crippen LogP contribution >= 0.6 is 11.8 Å². The summed E-state index contributed by atoms with van der Waals surface area (Å²) in [5, 5.41) is 0.616. The van der Waals surface area contributed by atoms with Crippen LogP contribution in [0.5, 0.6) is 0 Å². The second-order valence-electron chi connectivity index (χ2n) is 4.09. The van der Waals surface area contributed by atoms with Gasteiger partial charge in [-0.25, -0.2) is 15.0 Å². The Labute approximate surface area is 114 Å². The zero-order valence-electron chi connectivity index (χ0n) is 10.3. The molecule has 6 heteroatoms. The van der Waals surface area contributed by atoms with E-state index in [4.69, 9.17) is 10.2 Å². The third-order valence-corrected chi connectivity index (χ3v) is 3.34. The SMILES string of the molecule is Cc1cc(N)nc(CSc2nc3ccccc3o2)n1. The molecular formula is C13H12N4OS. The molecule has 0 saturated carbocycles. The van der Waals surface area contributed by atoms with Crippen molar-refractivity contribution in [3.63, 3.8) is 0 Å². The third kappa shape index (κ3) is 2.68. The summed E-state index contributed by atoms with van der Waals surface area (Å²) in [6.45, 7) is 1.89. The van der Waals surface area contributed by atoms with Gasteiger partial charge in [0.15, 0.2) is 5.58 Å². The van der Waals surface area contributed by atoms with Gasteiger partial charge in [0.25, 0.3) is 5.22 Å². The molecule has 19 heavy (non-hydrogen) atoms. The van der Waals surface area contributed by atoms with Crippen LogP contribution in [0.2, 0.25) is 0 Å². The number of nitrogen functional groups attached to an aromatic ring is 1. The Morgan fingerprint density at radius 1 is 1.21 bits per heavy atom. The van der Waals surface area contributed by atoms with E-state index in [2.05, 4.69) is 15.0 Å². The van der Waals surface area contributed by atoms with E-state index in [1.165, 1.54) is 11.8 Å². The number of aryl methyl sites for hydroxylation is 1. The average molecular weight is 272 g/mol. The van der Waals surface area contributed by atoms with Gasteiger partial charge >= 0.3 is 0 Å². The first kappa shape index (κ1) is 12.0. The highest BCUT2D eigenvalue weighted by Gasteiger charge is 2.07. The standard InChI is InChI=1S/C13H12N4OS/c1-8-6-11(14)17-12(15-8)7-19-13-16-9-4-2-3-5-10(9)18-13/h2-6H,7H2,1H3,(H2,14,15,17). The molecule has 0 bridgehead atoms. The highest BCUT2D eigenvalue weighted by Crippen LogP contribution is 2.25. The molecule has 3 rings (SSSR count). The second-order valence-corrected chi connectivity index (χ2v) is 5.01. The van der Waals surface area contributed by atoms with Gasteiger partial charge in [-0.15, -0.1) is 0 Å². The summed E-state index contributed by atoms with van der Waals surface area (Å²) in [5.41, 5.74) is 8.19. The van der Waals surface area contributed by atoms with Gasteiger partial charge in [-0.05, 0) is 19.1 Å². The number of rotatable bonds is 3. The monoisotopic (exact) mass is 272 g/mol. The highest BCUT2D eigenvalue weighted by molar-refractivity contribution is 7.98. The number of nitrogens with two attached hydrogens (primary N) is 1. The van der Waals surface area contributed by atoms with Gasteiger partial charge in [0.2, 0.25) is 0 Å². The smallest absolute Gasteiger partial charge is 0.257 e. The molecule has 2 aromatic heterocycles. The Hall–Kier alpha value is -2.08. The zero-order valence-corrected chi connectivity index (χ0v) is 11.1. The Kier molecular flexibility index (Phi) is 3.08. The van der Waals surface area contributed by atoms with Crippen molar-refractivity contribution in [2.45, 2.75) is 17.9 Å². The number of nitrogens with zero attached hydrogens (tertiary/aromatic N) is 3. The van der Waals surface area contributed by atoms with E-state index in [1.54, 1.807) is 6.07 Å². The van der Waals surface area contributed by atoms with Gasteiger partial charge < -0.3 is 10.2 Å². The van der Waals surface area contributed by atoms with E-state index in [1.807, 2.05) is 31.2 Å². The van der Waals surface area contributed by atoms with Crippen molar-refractivity contribution in [3.8, 4) is 0 Å². The van der Waals surface area contributed by atoms with Crippen molar-refractivity contribution >= 4 is 28.7 Å². The fourth-order valence-electron chi connectivity index (χ4n) is 1.76. The van der Waals surface area contributed by atoms with E-state index >= 15 is 0 Å². The summed E-state index contributed by atoms with van der Waals surface area (Å²) in [7, 11) is 0. The van der Waals surface area contributed by atoms with Crippen molar-refractivity contribution < 1.29 is 4.42 Å². The van der Waals surface area contributed by atoms with Crippen LogP contribution in [0.4, 0.5) is 5.82 Å². The molecule has 0 spiro atoms. The first-order valence-corrected chi connectivity index (χ1v) is 6.78. The molecule has 0 aliphatic rings. The summed E-state index contributed by atoms with van der Waals surface area (Å²) < 4.78 is 5.62. The summed E-state index contributed by atoms with van der Waals surface area (Å²) in [6, 6.07) is 9.42. The van der Waals surface area contributed by atoms with Gasteiger partial charge in [0.05, 0.1) is 5.75 Å². The van der Waals surface area contributed by atoms with Crippen molar-refractivity contribution in [1.29, 1.82) is 0 Å². The van der Waals surface area contributed by atoms with Gasteiger partial charge in [0, 0.05) is 11.8 Å². The number of thioether (sulfide) groups is 1. The summed E-state index contributed by atoms with van der Waals surface area (Å²) in [5.74, 6) is 1.75. The summed E-state index contributed by atoms with van der Waals surface area (Å²) in [4.78, 5) is 12.9. The minimum absolute atomic E-state index is 0.487. The van der Waals surface area contributed by atoms with Gasteiger partial charge in [0.1, 0.15) is 17.2 Å². The Bertz CT molecular complexity index is 672. The van der Waals surface area contributed by atoms with Crippen molar-refractivity contribution in [3.05, 3.63) is 41.9 Å². The topological polar surface area (TPSA) is 77.8 Å². The second kappa shape index (κ2) is 4.89. The molecule has 0 unspecified atom stereocenters. The van der Waals surface area contributed by atoms with E-state index in [0.29, 0.717) is 22.6 Å². The summed E-state index contributed by atoms with van der Waals surface area (Å²) >= 11 is 1.46. The number of aromatic nitrogens is 3. The molecular weight excluding hydrogens is 260 g/mol. The fraction of sp³-hybridized carbons (Fsp3) is 0.154. The van der Waals surface area contributed by atoms with Crippen molar-refractivity contribution in [2.75, 3.05) is 5.73 Å². The molecule has 5 nitrogen and oxygen atoms in total. The quantitative estimate of drug-likeness (QED) is 0.739. The van der Waals surface area contributed by atoms with Crippen LogP contribution in [-0.4, -0.2) is 15.0 Å². The minimum Gasteiger partial charge on any atom is -0.431 e. The molecule has 2 heterocycles. The van der Waals surface area contributed by atoms with Crippen LogP contribution in [0.3, 0.4) is 0 Å². The zero-order chi connectivity index (χ0) is 13.2. The molecule has 0 radical (unpaired) electrons. The van der Waals surface area contributed by atoms with Gasteiger partial charge in [-0.3, -0.25) is 0 Å². The minimum atomic E-state index is 0.487. The lowest BCUT2D eigenvalue weighted by atomic mass is 10.3. The van der Waals surface area contributed by atoms with Crippen LogP contribution in [0.15, 0.2) is 40.0 Å². The van der Waals surface area contributed by atoms with Crippen molar-refractivity contribution in [2.24, 2.45) is 0 Å². The van der Waals surface area contributed by atoms with Crippen LogP contribution in [0, 0.1) is 6.92 Å². The number of anilines is 1. The number of benzene rings is 1. The van der Waals surface area contributed by atoms with Gasteiger partial charge in [-0.2, -0.15) is 0 Å². The maximum Gasteiger partial charge on any atom is 0.257 e. The predicted molar refractivity (Wildman–Crippen MR) is 74.8 cm³/mol. The number of para-hydroxylation sites is 2. The lowest BCUT2D eigenvalue weighted by molar-refractivity contribution is 0.489. The van der Waals surface area contributed by atoms with Crippen LogP contribution in [0.1, 0.15) is 11.5 Å². The Morgan fingerprint density at radius 2 is 2.05 bits per heavy atom. The molecule has 0 saturated heterocycles. The van der Waals surface area contributed by atoms with Crippen LogP contribution < -0.4 is 5.73 Å². The molecule has 1 aromatic carbocycles. The maximum absolute atomic E-state index is 5.69. The first-order chi connectivity index (χ1) is 9.20. The highest BCUT2D eigenvalue weighted by atomic mass is 32.2. The molecule has 3 aromatic rings. The molecule has 0 atom stereocenters. The predicted octanol–water partition coefficient (Wildman–Crippen LogP) is 2.80. The summed E-state index contributed by atoms with van der Waals surface area (Å²) in [6.07, 6.45) is 0. The molecule has 0 aliphatic heterocycles. The lowest BCUT2D eigenvalue weighted by Crippen LogP contribution is -1.99. The number of oxazole rings is 1. The Balaban J connectivity index is 1.78. The van der Waals surface area contributed by atoms with Crippen LogP contribution in [0.25, 0.3) is 11.1 Å². The molecule has 0 fully saturated rings. The van der Waals surface area contributed by atoms with E-state index in [9.17, 15) is 0 Å². The number of hydrogen-bond acceptors (Lipinski definition) is 6. The van der Waals surface area contributed by atoms with Gasteiger partial charge in [-0.1, -0.05) is 23.9 Å². The molecule has 0 amide bonds. The number of hydrogen-bond donors (Lipinski definition) is 1. The lowest BCUT2D eigenvalue weighted by Gasteiger charge is -2.00. The molecule has 0 aliphatic carbocycles. The molecule has 96 valence electrons. The van der Waals surface area contributed by atoms with Crippen molar-refractivity contribution in [1.82, 2.24) is 15.0 Å². The van der Waals surface area contributed by atoms with E-state index in [-0.39, 0.29) is 0 Å². The van der Waals surface area contributed by atoms with E-state index in [0.717, 1.165) is 16.8 Å². The van der Waals surface area contributed by atoms with E-state index < -0.39 is 0 Å². The Morgan fingerprint density at radius 3 is 2.84 bits per heavy atom. The third-order valence-electron chi connectivity index (χ3n) is 2.52. The fourth-order valence-corrected chi connectivity index (χ4v) is 2.45. The largest absolute Gasteiger partial charge is 0.431 e. The molecule has 2 N–H and O–H groups in total. The first-order valence-electron chi connectivity index (χ1n) is 5.79. The maximum atomic E-state index is 5.69. The van der Waals surface area contributed by atoms with Crippen LogP contribution in [-0.2, 0) is 5.75 Å². The number of fused-ring (bicyclic) bond motifs is 1.